The van der Waals surface area contributed by atoms with Crippen LogP contribution in [0.3, 0.4) is 0 Å². The highest BCUT2D eigenvalue weighted by Crippen LogP contribution is 2.50. The second-order valence-corrected chi connectivity index (χ2v) is 7.50. The third-order valence-corrected chi connectivity index (χ3v) is 5.71. The van der Waals surface area contributed by atoms with E-state index in [4.69, 9.17) is 34.2 Å². The van der Waals surface area contributed by atoms with Crippen molar-refractivity contribution in [1.82, 2.24) is 10.2 Å². The maximum atomic E-state index is 10.0. The molecule has 0 spiro atoms. The number of rotatable bonds is 6. The number of hydrogen-bond donors (Lipinski definition) is 2. The Kier molecular flexibility index (Phi) is 5.30. The molecule has 10 heteroatoms. The van der Waals surface area contributed by atoms with Crippen LogP contribution in [0.2, 0.25) is 0 Å². The van der Waals surface area contributed by atoms with Gasteiger partial charge in [0.2, 0.25) is 24.3 Å². The van der Waals surface area contributed by atoms with E-state index in [-0.39, 0.29) is 24.1 Å². The average Bonchev–Trinajstić information content (AvgIpc) is 3.49. The minimum absolute atomic E-state index is 0.0180. The fraction of sp³-hybridized carbons (Fsp3) is 0.250. The van der Waals surface area contributed by atoms with Crippen LogP contribution >= 0.6 is 0 Å². The molecular formula is C24H22N4O6. The molecule has 0 radical (unpaired) electrons. The van der Waals surface area contributed by atoms with Gasteiger partial charge in [0.05, 0.1) is 38.0 Å². The second-order valence-electron chi connectivity index (χ2n) is 7.50. The van der Waals surface area contributed by atoms with Gasteiger partial charge >= 0.3 is 0 Å². The monoisotopic (exact) mass is 462 g/mol. The van der Waals surface area contributed by atoms with Gasteiger partial charge < -0.3 is 34.2 Å². The van der Waals surface area contributed by atoms with Gasteiger partial charge in [-0.25, -0.2) is 0 Å². The standard InChI is InChI=1S/C24H22N4O6/c1-4-31-22-17(29-2)8-13(9-18(22)30-3)19-14(10-25)23(26)34-24-20(19)21(27-28-24)12-5-6-15-16(7-12)33-11-32-15/h5-9,19H,4,11,26H2,1-3H3,(H,27,28)/t19-/m1/s1. The van der Waals surface area contributed by atoms with Crippen molar-refractivity contribution in [1.29, 1.82) is 5.26 Å². The van der Waals surface area contributed by atoms with E-state index in [0.29, 0.717) is 52.2 Å². The number of fused-ring (bicyclic) bond motifs is 2. The van der Waals surface area contributed by atoms with Crippen molar-refractivity contribution in [3.63, 3.8) is 0 Å². The first kappa shape index (κ1) is 21.3. The number of nitrogens with zero attached hydrogens (tertiary/aromatic N) is 2. The maximum absolute atomic E-state index is 10.0. The van der Waals surface area contributed by atoms with Crippen LogP contribution in [-0.2, 0) is 0 Å². The van der Waals surface area contributed by atoms with E-state index in [1.54, 1.807) is 26.4 Å². The average molecular weight is 462 g/mol. The molecule has 3 heterocycles. The van der Waals surface area contributed by atoms with Gasteiger partial charge in [-0.3, -0.25) is 5.10 Å². The number of nitrogens with two attached hydrogens (primary N) is 1. The molecule has 0 fully saturated rings. The Bertz CT molecular complexity index is 1310. The second kappa shape index (κ2) is 8.44. The van der Waals surface area contributed by atoms with Gasteiger partial charge in [0.25, 0.3) is 0 Å². The fourth-order valence-electron chi connectivity index (χ4n) is 4.20. The smallest absolute Gasteiger partial charge is 0.244 e. The molecule has 0 saturated carbocycles. The van der Waals surface area contributed by atoms with Gasteiger partial charge in [-0.05, 0) is 42.8 Å². The van der Waals surface area contributed by atoms with Gasteiger partial charge in [0.15, 0.2) is 23.0 Å². The van der Waals surface area contributed by atoms with Gasteiger partial charge in [-0.1, -0.05) is 0 Å². The van der Waals surface area contributed by atoms with E-state index in [1.165, 1.54) is 0 Å². The molecule has 10 nitrogen and oxygen atoms in total. The zero-order valence-electron chi connectivity index (χ0n) is 18.8. The van der Waals surface area contributed by atoms with Gasteiger partial charge in [0.1, 0.15) is 11.6 Å². The zero-order chi connectivity index (χ0) is 23.8. The van der Waals surface area contributed by atoms with Crippen molar-refractivity contribution in [3.8, 4) is 52.0 Å². The van der Waals surface area contributed by atoms with Crippen molar-refractivity contribution in [2.75, 3.05) is 27.6 Å². The van der Waals surface area contributed by atoms with Crippen molar-refractivity contribution in [2.45, 2.75) is 12.8 Å². The van der Waals surface area contributed by atoms with Crippen LogP contribution in [0, 0.1) is 11.3 Å². The molecule has 2 aromatic carbocycles. The highest BCUT2D eigenvalue weighted by molar-refractivity contribution is 5.73. The van der Waals surface area contributed by atoms with E-state index >= 15 is 0 Å². The summed E-state index contributed by atoms with van der Waals surface area (Å²) in [5.74, 6) is 2.34. The predicted octanol–water partition coefficient (Wildman–Crippen LogP) is 3.44. The largest absolute Gasteiger partial charge is 0.493 e. The molecule has 3 aromatic rings. The Labute approximate surface area is 195 Å². The summed E-state index contributed by atoms with van der Waals surface area (Å²) >= 11 is 0. The van der Waals surface area contributed by atoms with Crippen LogP contribution in [-0.4, -0.2) is 37.8 Å². The molecular weight excluding hydrogens is 440 g/mol. The summed E-state index contributed by atoms with van der Waals surface area (Å²) in [7, 11) is 3.09. The number of nitrogens with one attached hydrogen (secondary N) is 1. The molecule has 174 valence electrons. The molecule has 0 unspecified atom stereocenters. The first-order chi connectivity index (χ1) is 16.6. The van der Waals surface area contributed by atoms with E-state index in [9.17, 15) is 5.26 Å². The van der Waals surface area contributed by atoms with E-state index in [2.05, 4.69) is 16.3 Å². The highest BCUT2D eigenvalue weighted by atomic mass is 16.7. The lowest BCUT2D eigenvalue weighted by molar-refractivity contribution is 0.174. The van der Waals surface area contributed by atoms with Gasteiger partial charge in [0, 0.05) is 5.56 Å². The van der Waals surface area contributed by atoms with E-state index in [1.807, 2.05) is 25.1 Å². The molecule has 0 aliphatic carbocycles. The van der Waals surface area contributed by atoms with Crippen molar-refractivity contribution in [2.24, 2.45) is 5.73 Å². The number of allylic oxidation sites excluding steroid dienone is 1. The first-order valence-electron chi connectivity index (χ1n) is 10.5. The predicted molar refractivity (Wildman–Crippen MR) is 120 cm³/mol. The fourth-order valence-corrected chi connectivity index (χ4v) is 4.20. The molecule has 0 amide bonds. The number of benzene rings is 2. The minimum Gasteiger partial charge on any atom is -0.493 e. The van der Waals surface area contributed by atoms with Crippen molar-refractivity contribution < 1.29 is 28.4 Å². The van der Waals surface area contributed by atoms with E-state index in [0.717, 1.165) is 5.56 Å². The Morgan fingerprint density at radius 1 is 1.15 bits per heavy atom. The molecule has 2 aliphatic rings. The van der Waals surface area contributed by atoms with E-state index < -0.39 is 5.92 Å². The molecule has 3 N–H and O–H groups in total. The molecule has 2 aliphatic heterocycles. The summed E-state index contributed by atoms with van der Waals surface area (Å²) < 4.78 is 33.6. The number of ether oxygens (including phenoxy) is 6. The lowest BCUT2D eigenvalue weighted by atomic mass is 9.82. The van der Waals surface area contributed by atoms with Crippen LogP contribution in [0.5, 0.6) is 34.6 Å². The zero-order valence-corrected chi connectivity index (χ0v) is 18.8. The maximum Gasteiger partial charge on any atom is 0.244 e. The van der Waals surface area contributed by atoms with Crippen LogP contribution in [0.25, 0.3) is 11.3 Å². The normalized spacial score (nSPS) is 15.9. The number of methoxy groups -OCH3 is 2. The Hall–Kier alpha value is -4.52. The summed E-state index contributed by atoms with van der Waals surface area (Å²) in [6, 6.07) is 11.3. The van der Waals surface area contributed by atoms with Crippen LogP contribution < -0.4 is 34.2 Å². The van der Waals surface area contributed by atoms with Gasteiger partial charge in [-0.2, -0.15) is 5.26 Å². The van der Waals surface area contributed by atoms with Crippen molar-refractivity contribution in [3.05, 3.63) is 52.9 Å². The van der Waals surface area contributed by atoms with Crippen molar-refractivity contribution >= 4 is 0 Å². The highest BCUT2D eigenvalue weighted by Gasteiger charge is 2.37. The number of aromatic amines is 1. The molecule has 5 rings (SSSR count). The first-order valence-corrected chi connectivity index (χ1v) is 10.5. The number of nitriles is 1. The third-order valence-electron chi connectivity index (χ3n) is 5.71. The number of hydrogen-bond acceptors (Lipinski definition) is 9. The summed E-state index contributed by atoms with van der Waals surface area (Å²) in [4.78, 5) is 0. The van der Waals surface area contributed by atoms with Crippen LogP contribution in [0.4, 0.5) is 0 Å². The quantitative estimate of drug-likeness (QED) is 0.565. The summed E-state index contributed by atoms with van der Waals surface area (Å²) in [6.45, 7) is 2.47. The number of aromatic nitrogens is 2. The SMILES string of the molecule is CCOc1c(OC)cc([C@@H]2C(C#N)=C(N)Oc3n[nH]c(-c4ccc5c(c4)OCO5)c32)cc1OC. The third kappa shape index (κ3) is 3.29. The molecule has 1 atom stereocenters. The summed E-state index contributed by atoms with van der Waals surface area (Å²) in [5, 5.41) is 17.4. The summed E-state index contributed by atoms with van der Waals surface area (Å²) in [6.07, 6.45) is 0. The molecule has 0 saturated heterocycles. The van der Waals surface area contributed by atoms with Gasteiger partial charge in [-0.15, -0.1) is 5.10 Å². The molecule has 1 aromatic heterocycles. The molecule has 34 heavy (non-hydrogen) atoms. The lowest BCUT2D eigenvalue weighted by Gasteiger charge is -2.25. The lowest BCUT2D eigenvalue weighted by Crippen LogP contribution is -2.21. The Morgan fingerprint density at radius 2 is 1.88 bits per heavy atom. The topological polar surface area (TPSA) is 134 Å². The Morgan fingerprint density at radius 3 is 2.56 bits per heavy atom. The van der Waals surface area contributed by atoms with Crippen LogP contribution in [0.1, 0.15) is 24.0 Å². The summed E-state index contributed by atoms with van der Waals surface area (Å²) in [5.41, 5.74) is 9.16. The van der Waals surface area contributed by atoms with Crippen LogP contribution in [0.15, 0.2) is 41.8 Å². The number of H-pyrrole nitrogens is 1. The minimum atomic E-state index is -0.605. The molecule has 0 bridgehead atoms. The Balaban J connectivity index is 1.71.